The Morgan fingerprint density at radius 2 is 2.00 bits per heavy atom. The molecule has 0 radical (unpaired) electrons. The van der Waals surface area contributed by atoms with E-state index in [9.17, 15) is 0 Å². The van der Waals surface area contributed by atoms with Gasteiger partial charge in [0.1, 0.15) is 0 Å². The summed E-state index contributed by atoms with van der Waals surface area (Å²) < 4.78 is 0. The van der Waals surface area contributed by atoms with Crippen molar-refractivity contribution in [3.8, 4) is 0 Å². The van der Waals surface area contributed by atoms with Gasteiger partial charge in [-0.3, -0.25) is 0 Å². The molecule has 0 nitrogen and oxygen atoms in total. The molecule has 12 heavy (non-hydrogen) atoms. The van der Waals surface area contributed by atoms with Crippen molar-refractivity contribution in [1.82, 2.24) is 0 Å². The lowest BCUT2D eigenvalue weighted by atomic mass is 9.64. The summed E-state index contributed by atoms with van der Waals surface area (Å²) in [6, 6.07) is 0. The monoisotopic (exact) mass is 168 g/mol. The van der Waals surface area contributed by atoms with Crippen LogP contribution in [0.2, 0.25) is 0 Å². The first-order valence-corrected chi connectivity index (χ1v) is 5.73. The molecule has 0 amide bonds. The van der Waals surface area contributed by atoms with Crippen LogP contribution in [0.3, 0.4) is 0 Å². The van der Waals surface area contributed by atoms with Gasteiger partial charge in [-0.2, -0.15) is 0 Å². The Morgan fingerprint density at radius 3 is 2.58 bits per heavy atom. The van der Waals surface area contributed by atoms with Gasteiger partial charge in [-0.1, -0.05) is 52.9 Å². The smallest absolute Gasteiger partial charge is 0.0300 e. The van der Waals surface area contributed by atoms with Crippen molar-refractivity contribution in [2.45, 2.75) is 65.7 Å². The van der Waals surface area contributed by atoms with Crippen LogP contribution in [0.5, 0.6) is 0 Å². The first-order valence-electron chi connectivity index (χ1n) is 5.73. The maximum absolute atomic E-state index is 2.51. The van der Waals surface area contributed by atoms with Gasteiger partial charge in [0, 0.05) is 0 Å². The average molecular weight is 168 g/mol. The predicted octanol–water partition coefficient (Wildman–Crippen LogP) is 4.39. The molecule has 0 aromatic heterocycles. The van der Waals surface area contributed by atoms with E-state index in [0.717, 1.165) is 5.92 Å². The zero-order valence-corrected chi connectivity index (χ0v) is 9.03. The third-order valence-electron chi connectivity index (χ3n) is 3.98. The van der Waals surface area contributed by atoms with Crippen molar-refractivity contribution >= 4 is 0 Å². The second kappa shape index (κ2) is 4.30. The van der Waals surface area contributed by atoms with Gasteiger partial charge in [0.25, 0.3) is 0 Å². The fourth-order valence-corrected chi connectivity index (χ4v) is 2.78. The van der Waals surface area contributed by atoms with Crippen LogP contribution in [0.1, 0.15) is 65.7 Å². The van der Waals surface area contributed by atoms with Crippen LogP contribution >= 0.6 is 0 Å². The minimum absolute atomic E-state index is 0.689. The topological polar surface area (TPSA) is 0 Å². The summed E-state index contributed by atoms with van der Waals surface area (Å²) in [6.45, 7) is 7.20. The molecule has 0 N–H and O–H groups in total. The highest BCUT2D eigenvalue weighted by molar-refractivity contribution is 4.84. The first-order chi connectivity index (χ1) is 5.73. The van der Waals surface area contributed by atoms with E-state index in [1.165, 1.54) is 44.9 Å². The largest absolute Gasteiger partial charge is 0.0654 e. The summed E-state index contributed by atoms with van der Waals surface area (Å²) in [5, 5.41) is 0. The Morgan fingerprint density at radius 1 is 1.25 bits per heavy atom. The zero-order valence-electron chi connectivity index (χ0n) is 9.03. The van der Waals surface area contributed by atoms with Crippen LogP contribution < -0.4 is 0 Å². The summed E-state index contributed by atoms with van der Waals surface area (Å²) in [5.41, 5.74) is 0.689. The van der Waals surface area contributed by atoms with Gasteiger partial charge in [-0.25, -0.2) is 0 Å². The van der Waals surface area contributed by atoms with E-state index in [1.54, 1.807) is 0 Å². The van der Waals surface area contributed by atoms with Gasteiger partial charge < -0.3 is 0 Å². The molecule has 0 spiro atoms. The highest BCUT2D eigenvalue weighted by atomic mass is 14.4. The molecular formula is C12H24. The second-order valence-corrected chi connectivity index (χ2v) is 4.74. The lowest BCUT2D eigenvalue weighted by Gasteiger charge is -2.41. The highest BCUT2D eigenvalue weighted by Gasteiger charge is 2.33. The zero-order chi connectivity index (χ0) is 9.03. The number of hydrogen-bond donors (Lipinski definition) is 0. The predicted molar refractivity (Wildman–Crippen MR) is 55.3 cm³/mol. The van der Waals surface area contributed by atoms with Crippen LogP contribution in [-0.2, 0) is 0 Å². The lowest BCUT2D eigenvalue weighted by molar-refractivity contribution is 0.102. The summed E-state index contributed by atoms with van der Waals surface area (Å²) in [6.07, 6.45) is 10.2. The molecule has 1 aliphatic rings. The molecule has 0 aromatic carbocycles. The van der Waals surface area contributed by atoms with E-state index >= 15 is 0 Å². The first kappa shape index (κ1) is 10.1. The molecule has 2 atom stereocenters. The van der Waals surface area contributed by atoms with E-state index in [2.05, 4.69) is 20.8 Å². The SMILES string of the molecule is CCC[C@H]1CCCCC1(C)CC. The Balaban J connectivity index is 2.53. The molecule has 1 rings (SSSR count). The van der Waals surface area contributed by atoms with Gasteiger partial charge in [0.05, 0.1) is 0 Å². The molecule has 0 aromatic rings. The molecule has 1 aliphatic carbocycles. The van der Waals surface area contributed by atoms with Crippen LogP contribution in [-0.4, -0.2) is 0 Å². The fraction of sp³-hybridized carbons (Fsp3) is 1.00. The summed E-state index contributed by atoms with van der Waals surface area (Å²) in [4.78, 5) is 0. The highest BCUT2D eigenvalue weighted by Crippen LogP contribution is 2.45. The van der Waals surface area contributed by atoms with E-state index in [0.29, 0.717) is 5.41 Å². The maximum Gasteiger partial charge on any atom is -0.0300 e. The number of rotatable bonds is 3. The van der Waals surface area contributed by atoms with E-state index in [4.69, 9.17) is 0 Å². The normalized spacial score (nSPS) is 36.8. The Labute approximate surface area is 77.7 Å². The van der Waals surface area contributed by atoms with Crippen molar-refractivity contribution in [1.29, 1.82) is 0 Å². The molecule has 1 fully saturated rings. The molecule has 1 unspecified atom stereocenters. The van der Waals surface area contributed by atoms with Crippen molar-refractivity contribution in [2.24, 2.45) is 11.3 Å². The van der Waals surface area contributed by atoms with Crippen molar-refractivity contribution in [3.05, 3.63) is 0 Å². The quantitative estimate of drug-likeness (QED) is 0.586. The summed E-state index contributed by atoms with van der Waals surface area (Å²) >= 11 is 0. The van der Waals surface area contributed by atoms with E-state index in [1.807, 2.05) is 0 Å². The van der Waals surface area contributed by atoms with Gasteiger partial charge in [0.15, 0.2) is 0 Å². The second-order valence-electron chi connectivity index (χ2n) is 4.74. The molecule has 0 heterocycles. The van der Waals surface area contributed by atoms with Crippen LogP contribution in [0.25, 0.3) is 0 Å². The molecule has 0 aliphatic heterocycles. The maximum atomic E-state index is 2.51. The third-order valence-corrected chi connectivity index (χ3v) is 3.98. The van der Waals surface area contributed by atoms with Crippen molar-refractivity contribution in [3.63, 3.8) is 0 Å². The van der Waals surface area contributed by atoms with Gasteiger partial charge in [-0.05, 0) is 24.2 Å². The average Bonchev–Trinajstić information content (AvgIpc) is 2.10. The summed E-state index contributed by atoms with van der Waals surface area (Å²) in [7, 11) is 0. The van der Waals surface area contributed by atoms with Gasteiger partial charge in [-0.15, -0.1) is 0 Å². The van der Waals surface area contributed by atoms with Gasteiger partial charge in [0.2, 0.25) is 0 Å². The Kier molecular flexibility index (Phi) is 3.61. The fourth-order valence-electron chi connectivity index (χ4n) is 2.78. The molecule has 72 valence electrons. The van der Waals surface area contributed by atoms with Gasteiger partial charge >= 0.3 is 0 Å². The van der Waals surface area contributed by atoms with E-state index in [-0.39, 0.29) is 0 Å². The lowest BCUT2D eigenvalue weighted by Crippen LogP contribution is -2.30. The molecule has 0 heteroatoms. The van der Waals surface area contributed by atoms with Crippen molar-refractivity contribution < 1.29 is 0 Å². The molecule has 0 saturated heterocycles. The van der Waals surface area contributed by atoms with E-state index < -0.39 is 0 Å². The standard InChI is InChI=1S/C12H24/c1-4-8-11-9-6-7-10-12(11,3)5-2/h11H,4-10H2,1-3H3/t11-,12?/m0/s1. The molecule has 1 saturated carbocycles. The van der Waals surface area contributed by atoms with Crippen LogP contribution in [0.15, 0.2) is 0 Å². The minimum Gasteiger partial charge on any atom is -0.0654 e. The van der Waals surface area contributed by atoms with Crippen molar-refractivity contribution in [2.75, 3.05) is 0 Å². The third kappa shape index (κ3) is 2.02. The minimum atomic E-state index is 0.689. The Hall–Kier alpha value is 0. The molecular weight excluding hydrogens is 144 g/mol. The Bertz CT molecular complexity index is 126. The van der Waals surface area contributed by atoms with Crippen LogP contribution in [0.4, 0.5) is 0 Å². The number of hydrogen-bond acceptors (Lipinski definition) is 0. The molecule has 0 bridgehead atoms. The summed E-state index contributed by atoms with van der Waals surface area (Å²) in [5.74, 6) is 1.03. The van der Waals surface area contributed by atoms with Crippen LogP contribution in [0, 0.1) is 11.3 Å².